The fourth-order valence-corrected chi connectivity index (χ4v) is 7.27. The first-order valence-electron chi connectivity index (χ1n) is 13.9. The highest BCUT2D eigenvalue weighted by molar-refractivity contribution is 7.90. The minimum absolute atomic E-state index is 0.00826. The second kappa shape index (κ2) is 12.6. The number of halogens is 5. The molecule has 0 amide bonds. The number of pyridine rings is 1. The highest BCUT2D eigenvalue weighted by Gasteiger charge is 2.30. The summed E-state index contributed by atoms with van der Waals surface area (Å²) in [5, 5.41) is 0.110. The number of fused-ring (bicyclic) bond motifs is 1. The van der Waals surface area contributed by atoms with Gasteiger partial charge in [-0.3, -0.25) is 4.98 Å². The van der Waals surface area contributed by atoms with Crippen molar-refractivity contribution in [1.82, 2.24) is 8.96 Å². The van der Waals surface area contributed by atoms with Crippen molar-refractivity contribution in [2.24, 2.45) is 0 Å². The smallest absolute Gasteiger partial charge is 0.340 e. The van der Waals surface area contributed by atoms with E-state index < -0.39 is 34.1 Å². The third kappa shape index (κ3) is 5.57. The van der Waals surface area contributed by atoms with Crippen molar-refractivity contribution >= 4 is 44.2 Å². The number of nitrogens with zero attached hydrogens (tertiary/aromatic N) is 3. The summed E-state index contributed by atoms with van der Waals surface area (Å²) in [7, 11) is -3.51. The van der Waals surface area contributed by atoms with Gasteiger partial charge in [0.25, 0.3) is 16.4 Å². The van der Waals surface area contributed by atoms with E-state index in [1.54, 1.807) is 18.2 Å². The molecule has 13 heteroatoms. The van der Waals surface area contributed by atoms with Gasteiger partial charge >= 0.3 is 5.97 Å². The van der Waals surface area contributed by atoms with Gasteiger partial charge < -0.3 is 4.74 Å². The normalized spacial score (nSPS) is 11.5. The summed E-state index contributed by atoms with van der Waals surface area (Å²) in [5.41, 5.74) is 0.356. The van der Waals surface area contributed by atoms with E-state index in [0.717, 1.165) is 59.6 Å². The van der Waals surface area contributed by atoms with Gasteiger partial charge in [-0.25, -0.2) is 39.6 Å². The van der Waals surface area contributed by atoms with Crippen LogP contribution in [0.25, 0.3) is 49.3 Å². The molecule has 240 valence electrons. The molecule has 0 fully saturated rings. The maximum Gasteiger partial charge on any atom is 0.340 e. The minimum Gasteiger partial charge on any atom is -0.465 e. The van der Waals surface area contributed by atoms with Crippen LogP contribution in [-0.2, 0) is 14.8 Å². The SMILES string of the molecule is [C-]#[N+]c1ccncc1-c1c(-c2cccc(-c3cc(F)c(C(=O)OC)cc3Cl)c2)n(S(=O)(=O)c2ccc(C(F)F)cc2)c2ccc(F)cc12. The molecule has 6 aromatic rings. The van der Waals surface area contributed by atoms with Crippen molar-refractivity contribution in [3.05, 3.63) is 137 Å². The van der Waals surface area contributed by atoms with E-state index in [0.29, 0.717) is 5.56 Å². The number of hydrogen-bond acceptors (Lipinski definition) is 5. The molecular formula is C35H20ClF4N3O4S. The van der Waals surface area contributed by atoms with Gasteiger partial charge in [0.1, 0.15) is 11.6 Å². The summed E-state index contributed by atoms with van der Waals surface area (Å²) in [6.45, 7) is 7.78. The van der Waals surface area contributed by atoms with Gasteiger partial charge in [0.15, 0.2) is 5.69 Å². The van der Waals surface area contributed by atoms with E-state index in [-0.39, 0.29) is 65.6 Å². The Morgan fingerprint density at radius 1 is 0.958 bits per heavy atom. The van der Waals surface area contributed by atoms with E-state index in [9.17, 15) is 26.4 Å². The number of alkyl halides is 2. The van der Waals surface area contributed by atoms with Gasteiger partial charge in [0.2, 0.25) is 0 Å². The molecule has 6 rings (SSSR count). The Bertz CT molecular complexity index is 2410. The molecule has 0 aliphatic carbocycles. The first-order valence-corrected chi connectivity index (χ1v) is 15.8. The van der Waals surface area contributed by atoms with E-state index in [2.05, 4.69) is 14.6 Å². The second-order valence-electron chi connectivity index (χ2n) is 10.4. The standard InChI is InChI=1S/C35H20ClF4N3O4S/c1-41-30-12-13-42-18-27(30)32-26-15-22(37)8-11-31(26)43(48(45,46)23-9-6-19(7-10-23)34(39)40)33(32)21-5-3-4-20(14-21)24-17-29(38)25(16-28(24)36)35(44)47-2/h3-18,34H,2H3. The molecule has 0 radical (unpaired) electrons. The maximum absolute atomic E-state index is 15.0. The molecule has 0 bridgehead atoms. The average molecular weight is 690 g/mol. The van der Waals surface area contributed by atoms with Crippen LogP contribution in [-0.4, -0.2) is 30.5 Å². The summed E-state index contributed by atoms with van der Waals surface area (Å²) < 4.78 is 91.2. The minimum atomic E-state index is -4.60. The number of rotatable bonds is 7. The average Bonchev–Trinajstić information content (AvgIpc) is 3.43. The van der Waals surface area contributed by atoms with Crippen LogP contribution < -0.4 is 0 Å². The van der Waals surface area contributed by atoms with Crippen LogP contribution in [0.2, 0.25) is 5.02 Å². The molecule has 48 heavy (non-hydrogen) atoms. The van der Waals surface area contributed by atoms with Crippen LogP contribution in [0.5, 0.6) is 0 Å². The second-order valence-corrected chi connectivity index (χ2v) is 12.6. The molecule has 2 aromatic heterocycles. The van der Waals surface area contributed by atoms with E-state index in [4.69, 9.17) is 18.2 Å². The third-order valence-electron chi connectivity index (χ3n) is 7.65. The zero-order chi connectivity index (χ0) is 34.3. The Labute approximate surface area is 276 Å². The lowest BCUT2D eigenvalue weighted by atomic mass is 9.95. The molecule has 4 aromatic carbocycles. The van der Waals surface area contributed by atoms with Crippen molar-refractivity contribution in [2.45, 2.75) is 11.3 Å². The zero-order valence-electron chi connectivity index (χ0n) is 24.6. The lowest BCUT2D eigenvalue weighted by molar-refractivity contribution is 0.0595. The Kier molecular flexibility index (Phi) is 8.51. The summed E-state index contributed by atoms with van der Waals surface area (Å²) in [6.07, 6.45) is -0.0997. The summed E-state index contributed by atoms with van der Waals surface area (Å²) >= 11 is 6.49. The van der Waals surface area contributed by atoms with Crippen LogP contribution in [0.4, 0.5) is 23.2 Å². The van der Waals surface area contributed by atoms with Gasteiger partial charge in [0.05, 0.1) is 35.4 Å². The summed E-state index contributed by atoms with van der Waals surface area (Å²) in [5.74, 6) is -2.54. The van der Waals surface area contributed by atoms with E-state index in [1.165, 1.54) is 30.6 Å². The predicted molar refractivity (Wildman–Crippen MR) is 173 cm³/mol. The third-order valence-corrected chi connectivity index (χ3v) is 9.69. The lowest BCUT2D eigenvalue weighted by Crippen LogP contribution is -2.14. The number of esters is 1. The van der Waals surface area contributed by atoms with Gasteiger partial charge in [-0.05, 0) is 60.2 Å². The van der Waals surface area contributed by atoms with E-state index in [1.807, 2.05) is 0 Å². The van der Waals surface area contributed by atoms with Crippen LogP contribution in [0.3, 0.4) is 0 Å². The first-order chi connectivity index (χ1) is 23.0. The molecule has 0 unspecified atom stereocenters. The molecule has 7 nitrogen and oxygen atoms in total. The van der Waals surface area contributed by atoms with Gasteiger partial charge in [-0.2, -0.15) is 0 Å². The lowest BCUT2D eigenvalue weighted by Gasteiger charge is -2.16. The Balaban J connectivity index is 1.71. The largest absolute Gasteiger partial charge is 0.465 e. The molecule has 0 atom stereocenters. The van der Waals surface area contributed by atoms with Gasteiger partial charge in [-0.1, -0.05) is 41.9 Å². The van der Waals surface area contributed by atoms with Crippen molar-refractivity contribution in [3.63, 3.8) is 0 Å². The number of ether oxygens (including phenoxy) is 1. The highest BCUT2D eigenvalue weighted by atomic mass is 35.5. The maximum atomic E-state index is 15.0. The fraction of sp³-hybridized carbons (Fsp3) is 0.0571. The van der Waals surface area contributed by atoms with Crippen LogP contribution in [0.15, 0.2) is 102 Å². The summed E-state index contributed by atoms with van der Waals surface area (Å²) in [6, 6.07) is 17.4. The molecule has 0 aliphatic rings. The Morgan fingerprint density at radius 2 is 1.69 bits per heavy atom. The van der Waals surface area contributed by atoms with Crippen molar-refractivity contribution < 1.29 is 35.5 Å². The number of carbonyl (C=O) groups excluding carboxylic acids is 1. The molecule has 0 aliphatic heterocycles. The monoisotopic (exact) mass is 689 g/mol. The number of carbonyl (C=O) groups is 1. The predicted octanol–water partition coefficient (Wildman–Crippen LogP) is 9.48. The highest BCUT2D eigenvalue weighted by Crippen LogP contribution is 2.46. The van der Waals surface area contributed by atoms with Crippen molar-refractivity contribution in [3.8, 4) is 33.5 Å². The van der Waals surface area contributed by atoms with Gasteiger partial charge in [-0.15, -0.1) is 0 Å². The molecule has 0 saturated heterocycles. The zero-order valence-corrected chi connectivity index (χ0v) is 26.2. The van der Waals surface area contributed by atoms with Crippen LogP contribution in [0, 0.1) is 18.2 Å². The molecule has 0 N–H and O–H groups in total. The number of aromatic nitrogens is 2. The van der Waals surface area contributed by atoms with Gasteiger partial charge in [0, 0.05) is 50.6 Å². The summed E-state index contributed by atoms with van der Waals surface area (Å²) in [4.78, 5) is 19.4. The molecular weight excluding hydrogens is 670 g/mol. The quantitative estimate of drug-likeness (QED) is 0.0948. The van der Waals surface area contributed by atoms with E-state index >= 15 is 4.39 Å². The Hall–Kier alpha value is -5.51. The number of hydrogen-bond donors (Lipinski definition) is 0. The first kappa shape index (κ1) is 32.4. The van der Waals surface area contributed by atoms with Crippen molar-refractivity contribution in [1.29, 1.82) is 0 Å². The van der Waals surface area contributed by atoms with Crippen LogP contribution >= 0.6 is 11.6 Å². The molecule has 0 saturated carbocycles. The van der Waals surface area contributed by atoms with Crippen LogP contribution in [0.1, 0.15) is 22.3 Å². The fourth-order valence-electron chi connectivity index (χ4n) is 5.46. The molecule has 0 spiro atoms. The molecule has 2 heterocycles. The topological polar surface area (TPSA) is 82.6 Å². The van der Waals surface area contributed by atoms with Crippen molar-refractivity contribution in [2.75, 3.05) is 7.11 Å². The number of benzene rings is 4. The number of methoxy groups -OCH3 is 1. The Morgan fingerprint density at radius 3 is 2.38 bits per heavy atom.